The molecule has 0 aliphatic carbocycles. The smallest absolute Gasteiger partial charge is 0.443 e. The number of nitrogens with two attached hydrogens (primary N) is 1. The Hall–Kier alpha value is -3.47. The summed E-state index contributed by atoms with van der Waals surface area (Å²) in [5, 5.41) is 2.89. The van der Waals surface area contributed by atoms with E-state index in [0.717, 1.165) is 5.56 Å². The molecule has 268 valence electrons. The second-order valence-corrected chi connectivity index (χ2v) is 15.2. The third-order valence-electron chi connectivity index (χ3n) is 9.24. The van der Waals surface area contributed by atoms with E-state index in [2.05, 4.69) is 5.32 Å². The summed E-state index contributed by atoms with van der Waals surface area (Å²) in [6.07, 6.45) is -3.42. The zero-order chi connectivity index (χ0) is 34.5. The van der Waals surface area contributed by atoms with Gasteiger partial charge in [-0.2, -0.15) is 4.31 Å². The minimum absolute atomic E-state index is 0.0283. The first kappa shape index (κ1) is 35.4. The highest BCUT2D eigenvalue weighted by Crippen LogP contribution is 2.34. The molecular weight excluding hydrogens is 658 g/mol. The second kappa shape index (κ2) is 15.6. The molecule has 0 saturated carbocycles. The highest BCUT2D eigenvalue weighted by Gasteiger charge is 2.46. The van der Waals surface area contributed by atoms with E-state index in [1.165, 1.54) is 28.6 Å². The molecule has 15 heteroatoms. The van der Waals surface area contributed by atoms with Crippen LogP contribution in [0, 0.1) is 17.8 Å². The number of ether oxygens (including phenoxy) is 7. The van der Waals surface area contributed by atoms with Crippen molar-refractivity contribution in [1.29, 1.82) is 0 Å². The highest BCUT2D eigenvalue weighted by molar-refractivity contribution is 7.89. The molecule has 4 saturated heterocycles. The summed E-state index contributed by atoms with van der Waals surface area (Å²) in [6, 6.07) is 14.3. The average Bonchev–Trinajstić information content (AvgIpc) is 3.86. The van der Waals surface area contributed by atoms with Crippen molar-refractivity contribution in [2.24, 2.45) is 17.8 Å². The van der Waals surface area contributed by atoms with Crippen LogP contribution < -0.4 is 11.1 Å². The van der Waals surface area contributed by atoms with E-state index in [4.69, 9.17) is 38.9 Å². The Morgan fingerprint density at radius 3 is 2.10 bits per heavy atom. The molecule has 6 rings (SSSR count). The highest BCUT2D eigenvalue weighted by atomic mass is 32.2. The Labute approximate surface area is 286 Å². The Bertz CT molecular complexity index is 1530. The lowest BCUT2D eigenvalue weighted by Crippen LogP contribution is -2.53. The van der Waals surface area contributed by atoms with Gasteiger partial charge in [-0.05, 0) is 55.0 Å². The summed E-state index contributed by atoms with van der Waals surface area (Å²) in [4.78, 5) is 27.1. The van der Waals surface area contributed by atoms with E-state index in [1.807, 2.05) is 44.2 Å². The van der Waals surface area contributed by atoms with Crippen LogP contribution in [0.4, 0.5) is 15.3 Å². The molecule has 4 fully saturated rings. The van der Waals surface area contributed by atoms with Gasteiger partial charge in [0.1, 0.15) is 18.3 Å². The van der Waals surface area contributed by atoms with Crippen LogP contribution >= 0.6 is 0 Å². The van der Waals surface area contributed by atoms with Crippen LogP contribution in [-0.2, 0) is 49.6 Å². The zero-order valence-corrected chi connectivity index (χ0v) is 28.5. The van der Waals surface area contributed by atoms with Crippen molar-refractivity contribution < 1.29 is 51.2 Å². The maximum atomic E-state index is 14.1. The SMILES string of the molecule is CC(C)CN(C[C@@H](OC(=O)O[C@H]1CO[C@H]2OCC[C@H]21)[C@H](Cc1ccccc1)NC(=O)O[C@H]1CO[C@H]2OCC[C@H]21)S(=O)(=O)c1ccc(N)cc1. The summed E-state index contributed by atoms with van der Waals surface area (Å²) in [7, 11) is -4.11. The molecule has 49 heavy (non-hydrogen) atoms. The number of sulfonamides is 1. The van der Waals surface area contributed by atoms with Crippen molar-refractivity contribution in [2.75, 3.05) is 45.3 Å². The maximum Gasteiger partial charge on any atom is 0.509 e. The Balaban J connectivity index is 1.28. The predicted octanol–water partition coefficient (Wildman–Crippen LogP) is 3.30. The molecule has 2 aromatic rings. The molecule has 14 nitrogen and oxygen atoms in total. The van der Waals surface area contributed by atoms with Crippen molar-refractivity contribution in [3.63, 3.8) is 0 Å². The lowest BCUT2D eigenvalue weighted by atomic mass is 10.0. The number of benzene rings is 2. The number of amides is 1. The third-order valence-corrected chi connectivity index (χ3v) is 11.1. The molecule has 4 aliphatic heterocycles. The van der Waals surface area contributed by atoms with Gasteiger partial charge in [-0.25, -0.2) is 18.0 Å². The van der Waals surface area contributed by atoms with Crippen LogP contribution in [0.25, 0.3) is 0 Å². The Morgan fingerprint density at radius 1 is 0.878 bits per heavy atom. The van der Waals surface area contributed by atoms with Crippen molar-refractivity contribution in [3.8, 4) is 0 Å². The molecule has 2 aromatic carbocycles. The number of nitrogens with one attached hydrogen (secondary N) is 1. The van der Waals surface area contributed by atoms with Crippen LogP contribution in [0.15, 0.2) is 59.5 Å². The Morgan fingerprint density at radius 2 is 1.49 bits per heavy atom. The fourth-order valence-electron chi connectivity index (χ4n) is 6.75. The van der Waals surface area contributed by atoms with Crippen molar-refractivity contribution >= 4 is 28.0 Å². The summed E-state index contributed by atoms with van der Waals surface area (Å²) in [6.45, 7) is 4.92. The molecule has 1 amide bonds. The number of fused-ring (bicyclic) bond motifs is 2. The van der Waals surface area contributed by atoms with E-state index in [9.17, 15) is 18.0 Å². The number of anilines is 1. The van der Waals surface area contributed by atoms with Gasteiger partial charge in [-0.15, -0.1) is 0 Å². The number of nitrogen functional groups attached to an aromatic ring is 1. The van der Waals surface area contributed by atoms with E-state index in [0.29, 0.717) is 31.7 Å². The first-order valence-corrected chi connectivity index (χ1v) is 18.2. The molecule has 4 heterocycles. The maximum absolute atomic E-state index is 14.1. The minimum Gasteiger partial charge on any atom is -0.443 e. The molecule has 0 aromatic heterocycles. The number of rotatable bonds is 13. The molecule has 0 bridgehead atoms. The van der Waals surface area contributed by atoms with Crippen molar-refractivity contribution in [2.45, 2.75) is 74.9 Å². The largest absolute Gasteiger partial charge is 0.509 e. The number of carbonyl (C=O) groups is 2. The molecular formula is C34H45N3O11S. The van der Waals surface area contributed by atoms with Crippen LogP contribution in [-0.4, -0.2) is 101 Å². The van der Waals surface area contributed by atoms with Gasteiger partial charge in [0.25, 0.3) is 0 Å². The monoisotopic (exact) mass is 703 g/mol. The molecule has 8 atom stereocenters. The fraction of sp³-hybridized carbons (Fsp3) is 0.588. The van der Waals surface area contributed by atoms with Gasteiger partial charge in [-0.3, -0.25) is 0 Å². The summed E-state index contributed by atoms with van der Waals surface area (Å²) in [5.74, 6) is -0.330. The number of carbonyl (C=O) groups excluding carboxylic acids is 2. The predicted molar refractivity (Wildman–Crippen MR) is 175 cm³/mol. The van der Waals surface area contributed by atoms with Gasteiger partial charge in [0, 0.05) is 12.2 Å². The molecule has 3 N–H and O–H groups in total. The molecule has 0 spiro atoms. The van der Waals surface area contributed by atoms with E-state index in [-0.39, 0.29) is 55.4 Å². The first-order chi connectivity index (χ1) is 23.6. The van der Waals surface area contributed by atoms with Crippen LogP contribution in [0.1, 0.15) is 32.3 Å². The fourth-order valence-corrected chi connectivity index (χ4v) is 8.37. The number of alkyl carbamates (subject to hydrolysis) is 1. The van der Waals surface area contributed by atoms with Crippen molar-refractivity contribution in [3.05, 3.63) is 60.2 Å². The van der Waals surface area contributed by atoms with Gasteiger partial charge in [0.05, 0.1) is 55.7 Å². The summed E-state index contributed by atoms with van der Waals surface area (Å²) >= 11 is 0. The van der Waals surface area contributed by atoms with Gasteiger partial charge in [-0.1, -0.05) is 44.2 Å². The molecule has 4 aliphatic rings. The van der Waals surface area contributed by atoms with Gasteiger partial charge in [0.15, 0.2) is 12.6 Å². The van der Waals surface area contributed by atoms with Crippen LogP contribution in [0.5, 0.6) is 0 Å². The topological polar surface area (TPSA) is 174 Å². The second-order valence-electron chi connectivity index (χ2n) is 13.3. The lowest BCUT2D eigenvalue weighted by Gasteiger charge is -2.33. The normalized spacial score (nSPS) is 27.4. The quantitative estimate of drug-likeness (QED) is 0.231. The Kier molecular flexibility index (Phi) is 11.3. The van der Waals surface area contributed by atoms with E-state index < -0.39 is 59.2 Å². The van der Waals surface area contributed by atoms with E-state index in [1.54, 1.807) is 0 Å². The lowest BCUT2D eigenvalue weighted by molar-refractivity contribution is -0.0910. The van der Waals surface area contributed by atoms with Gasteiger partial charge < -0.3 is 44.2 Å². The average molecular weight is 704 g/mol. The van der Waals surface area contributed by atoms with Gasteiger partial charge in [0.2, 0.25) is 10.0 Å². The van der Waals surface area contributed by atoms with Crippen LogP contribution in [0.2, 0.25) is 0 Å². The van der Waals surface area contributed by atoms with Crippen LogP contribution in [0.3, 0.4) is 0 Å². The van der Waals surface area contributed by atoms with Gasteiger partial charge >= 0.3 is 12.2 Å². The summed E-state index contributed by atoms with van der Waals surface area (Å²) < 4.78 is 69.4. The zero-order valence-electron chi connectivity index (χ0n) is 27.7. The first-order valence-electron chi connectivity index (χ1n) is 16.8. The van der Waals surface area contributed by atoms with E-state index >= 15 is 0 Å². The van der Waals surface area contributed by atoms with Crippen molar-refractivity contribution in [1.82, 2.24) is 9.62 Å². The standard InChI is InChI=1S/C34H45N3O11S/c1-21(2)17-37(49(40,41)24-10-8-23(35)9-11-24)18-28(47-34(39)48-30-20-45-32-26(30)13-15-43-32)27(16-22-6-4-3-5-7-22)36-33(38)46-29-19-44-31-25(29)12-14-42-31/h3-11,21,25-32H,12-20,35H2,1-2H3,(H,36,38)/t25-,26-,27-,28+,29-,30-,31+,32+/m0/s1. The number of hydrogen-bond donors (Lipinski definition) is 2. The summed E-state index contributed by atoms with van der Waals surface area (Å²) in [5.41, 5.74) is 7.07. The number of nitrogens with zero attached hydrogens (tertiary/aromatic N) is 1. The molecule has 0 unspecified atom stereocenters. The molecule has 0 radical (unpaired) electrons. The minimum atomic E-state index is -4.11. The number of hydrogen-bond acceptors (Lipinski definition) is 12. The third kappa shape index (κ3) is 8.64.